The highest BCUT2D eigenvalue weighted by Crippen LogP contribution is 2.55. The normalized spacial score (nSPS) is 11.2. The minimum atomic E-state index is -1.82. The molecule has 246 valence electrons. The summed E-state index contributed by atoms with van der Waals surface area (Å²) in [6.45, 7) is 3.80. The predicted octanol–water partition coefficient (Wildman–Crippen LogP) is 0.162. The van der Waals surface area contributed by atoms with Crippen molar-refractivity contribution >= 4 is 46.4 Å². The Hall–Kier alpha value is -3.32. The Labute approximate surface area is 300 Å². The molecule has 0 amide bonds. The molecule has 6 aromatic rings. The van der Waals surface area contributed by atoms with Gasteiger partial charge >= 0.3 is 0 Å². The summed E-state index contributed by atoms with van der Waals surface area (Å²) in [7, 11) is -3.63. The molecule has 6 heteroatoms. The van der Waals surface area contributed by atoms with Gasteiger partial charge in [-0.25, -0.2) is 0 Å². The highest BCUT2D eigenvalue weighted by Gasteiger charge is 2.45. The van der Waals surface area contributed by atoms with Crippen molar-refractivity contribution in [2.75, 3.05) is 38.5 Å². The van der Waals surface area contributed by atoms with Crippen LogP contribution in [0.4, 0.5) is 0 Å². The first kappa shape index (κ1) is 37.5. The Morgan fingerprint density at radius 2 is 0.458 bits per heavy atom. The summed E-state index contributed by atoms with van der Waals surface area (Å²) >= 11 is 0. The van der Waals surface area contributed by atoms with E-state index in [2.05, 4.69) is 193 Å². The van der Waals surface area contributed by atoms with E-state index in [0.717, 1.165) is 38.5 Å². The lowest BCUT2D eigenvalue weighted by Crippen LogP contribution is -3.00. The van der Waals surface area contributed by atoms with Crippen molar-refractivity contribution in [2.24, 2.45) is 0 Å². The van der Waals surface area contributed by atoms with Gasteiger partial charge in [-0.1, -0.05) is 109 Å². The van der Waals surface area contributed by atoms with Crippen molar-refractivity contribution in [3.63, 3.8) is 0 Å². The molecule has 0 bridgehead atoms. The van der Waals surface area contributed by atoms with Gasteiger partial charge in [-0.15, -0.1) is 0 Å². The van der Waals surface area contributed by atoms with Gasteiger partial charge in [-0.2, -0.15) is 0 Å². The summed E-state index contributed by atoms with van der Waals surface area (Å²) in [5.74, 6) is 0. The molecule has 6 rings (SSSR count). The number of hydrogen-bond donors (Lipinski definition) is 2. The van der Waals surface area contributed by atoms with E-state index in [-0.39, 0.29) is 24.8 Å². The number of hydrogen-bond acceptors (Lipinski definition) is 2. The maximum atomic E-state index is 3.82. The van der Waals surface area contributed by atoms with Crippen LogP contribution in [0.15, 0.2) is 182 Å². The van der Waals surface area contributed by atoms with Gasteiger partial charge in [0.2, 0.25) is 0 Å². The third-order valence-corrected chi connectivity index (χ3v) is 17.8. The predicted molar refractivity (Wildman–Crippen MR) is 206 cm³/mol. The van der Waals surface area contributed by atoms with Crippen molar-refractivity contribution in [2.45, 2.75) is 0 Å². The van der Waals surface area contributed by atoms with E-state index in [1.165, 1.54) is 31.8 Å². The van der Waals surface area contributed by atoms with Gasteiger partial charge in [0.1, 0.15) is 46.4 Å². The Morgan fingerprint density at radius 1 is 0.271 bits per heavy atom. The van der Waals surface area contributed by atoms with Gasteiger partial charge in [-0.3, -0.25) is 0 Å². The van der Waals surface area contributed by atoms with Gasteiger partial charge < -0.3 is 35.4 Å². The fourth-order valence-electron chi connectivity index (χ4n) is 6.68. The number of benzene rings is 6. The molecular formula is C42H44Cl2N2P2. The molecule has 2 N–H and O–H groups in total. The Bertz CT molecular complexity index is 1400. The number of nitrogens with one attached hydrogen (secondary N) is 2. The van der Waals surface area contributed by atoms with E-state index in [4.69, 9.17) is 0 Å². The zero-order valence-electron chi connectivity index (χ0n) is 27.2. The zero-order valence-corrected chi connectivity index (χ0v) is 30.5. The van der Waals surface area contributed by atoms with Crippen LogP contribution in [0.5, 0.6) is 0 Å². The van der Waals surface area contributed by atoms with Gasteiger partial charge in [0, 0.05) is 26.2 Å². The van der Waals surface area contributed by atoms with Crippen LogP contribution in [0.3, 0.4) is 0 Å². The van der Waals surface area contributed by atoms with E-state index < -0.39 is 14.5 Å². The lowest BCUT2D eigenvalue weighted by Gasteiger charge is -2.28. The zero-order chi connectivity index (χ0) is 31.3. The fourth-order valence-corrected chi connectivity index (χ4v) is 15.1. The van der Waals surface area contributed by atoms with Crippen LogP contribution in [-0.4, -0.2) is 38.5 Å². The fraction of sp³-hybridized carbons (Fsp3) is 0.143. The van der Waals surface area contributed by atoms with Crippen LogP contribution in [0.2, 0.25) is 0 Å². The molecule has 0 heterocycles. The first-order valence-electron chi connectivity index (χ1n) is 16.4. The van der Waals surface area contributed by atoms with E-state index >= 15 is 0 Å². The minimum absolute atomic E-state index is 0. The largest absolute Gasteiger partial charge is 1.00 e. The molecule has 0 aliphatic rings. The standard InChI is InChI=1S/C42H44N2P2.2ClH/c1-7-19-37(20-8-1)45(38-21-9-2-10-22-38,39-23-11-3-12-24-39)35-33-43-31-32-44-34-36-46(40-25-13-4-14-26-40,41-27-15-5-16-28-41)42-29-17-6-18-30-42;;/h1-30,43-44H,31-36H2;2*1H/q+2;;/p-2. The van der Waals surface area contributed by atoms with Crippen molar-refractivity contribution in [3.05, 3.63) is 182 Å². The second kappa shape index (κ2) is 19.0. The van der Waals surface area contributed by atoms with E-state index in [0.29, 0.717) is 0 Å². The van der Waals surface area contributed by atoms with Crippen LogP contribution < -0.4 is 67.3 Å². The molecule has 0 aliphatic carbocycles. The summed E-state index contributed by atoms with van der Waals surface area (Å²) in [4.78, 5) is 0. The number of rotatable bonds is 15. The van der Waals surface area contributed by atoms with Gasteiger partial charge in [0.05, 0.1) is 12.3 Å². The third kappa shape index (κ3) is 8.45. The Balaban J connectivity index is 0.00000260. The lowest BCUT2D eigenvalue weighted by atomic mass is 10.4. The highest BCUT2D eigenvalue weighted by atomic mass is 35.5. The smallest absolute Gasteiger partial charge is 0.113 e. The van der Waals surface area contributed by atoms with Crippen molar-refractivity contribution in [3.8, 4) is 0 Å². The molecule has 2 nitrogen and oxygen atoms in total. The van der Waals surface area contributed by atoms with Gasteiger partial charge in [0.15, 0.2) is 0 Å². The third-order valence-electron chi connectivity index (χ3n) is 8.91. The number of halogens is 2. The quantitative estimate of drug-likeness (QED) is 0.118. The summed E-state index contributed by atoms with van der Waals surface area (Å²) in [5.41, 5.74) is 0. The maximum absolute atomic E-state index is 3.82. The SMILES string of the molecule is [Cl-].[Cl-].c1ccc([P+](CCNCCNCC[P+](c2ccccc2)(c2ccccc2)c2ccccc2)(c2ccccc2)c2ccccc2)cc1. The minimum Gasteiger partial charge on any atom is -1.00 e. The summed E-state index contributed by atoms with van der Waals surface area (Å²) in [6, 6.07) is 67.0. The van der Waals surface area contributed by atoms with Crippen LogP contribution in [0.25, 0.3) is 0 Å². The Kier molecular flexibility index (Phi) is 14.9. The summed E-state index contributed by atoms with van der Waals surface area (Å²) < 4.78 is 0. The van der Waals surface area contributed by atoms with Crippen LogP contribution in [0.1, 0.15) is 0 Å². The molecule has 6 aromatic carbocycles. The van der Waals surface area contributed by atoms with E-state index in [1.807, 2.05) is 0 Å². The molecule has 48 heavy (non-hydrogen) atoms. The maximum Gasteiger partial charge on any atom is 0.113 e. The molecule has 0 atom stereocenters. The molecular weight excluding hydrogens is 665 g/mol. The van der Waals surface area contributed by atoms with Crippen LogP contribution in [0, 0.1) is 0 Å². The average Bonchev–Trinajstić information content (AvgIpc) is 3.15. The van der Waals surface area contributed by atoms with Crippen molar-refractivity contribution in [1.82, 2.24) is 10.6 Å². The monoisotopic (exact) mass is 708 g/mol. The summed E-state index contributed by atoms with van der Waals surface area (Å²) in [6.07, 6.45) is 2.16. The lowest BCUT2D eigenvalue weighted by molar-refractivity contribution is -0.00100. The first-order chi connectivity index (χ1) is 22.8. The molecule has 0 aromatic heterocycles. The van der Waals surface area contributed by atoms with Crippen molar-refractivity contribution in [1.29, 1.82) is 0 Å². The highest BCUT2D eigenvalue weighted by molar-refractivity contribution is 7.96. The second-order valence-corrected chi connectivity index (χ2v) is 18.8. The summed E-state index contributed by atoms with van der Waals surface area (Å²) in [5, 5.41) is 16.3. The van der Waals surface area contributed by atoms with E-state index in [9.17, 15) is 0 Å². The van der Waals surface area contributed by atoms with Crippen LogP contribution in [-0.2, 0) is 0 Å². The second-order valence-electron chi connectivity index (χ2n) is 11.6. The van der Waals surface area contributed by atoms with Crippen LogP contribution >= 0.6 is 14.5 Å². The Morgan fingerprint density at radius 3 is 0.646 bits per heavy atom. The average molecular weight is 710 g/mol. The van der Waals surface area contributed by atoms with Crippen molar-refractivity contribution < 1.29 is 24.8 Å². The van der Waals surface area contributed by atoms with Gasteiger partial charge in [-0.05, 0) is 72.8 Å². The molecule has 0 saturated carbocycles. The molecule has 0 aliphatic heterocycles. The molecule has 0 fully saturated rings. The molecule has 0 radical (unpaired) electrons. The first-order valence-corrected chi connectivity index (χ1v) is 20.3. The molecule has 0 unspecified atom stereocenters. The van der Waals surface area contributed by atoms with Gasteiger partial charge in [0.25, 0.3) is 0 Å². The molecule has 0 saturated heterocycles. The van der Waals surface area contributed by atoms with E-state index in [1.54, 1.807) is 0 Å². The topological polar surface area (TPSA) is 24.1 Å². The molecule has 0 spiro atoms.